The van der Waals surface area contributed by atoms with Crippen LogP contribution in [0.5, 0.6) is 5.75 Å². The van der Waals surface area contributed by atoms with Crippen LogP contribution in [0.3, 0.4) is 0 Å². The molecule has 0 radical (unpaired) electrons. The minimum Gasteiger partial charge on any atom is -0.508 e. The Balaban J connectivity index is 0.000000239. The highest BCUT2D eigenvalue weighted by atomic mass is 16.3. The van der Waals surface area contributed by atoms with Crippen molar-refractivity contribution in [2.24, 2.45) is 0 Å². The third-order valence-corrected chi connectivity index (χ3v) is 5.86. The molecule has 0 spiro atoms. The van der Waals surface area contributed by atoms with Crippen molar-refractivity contribution in [3.8, 4) is 5.75 Å². The molecule has 0 fully saturated rings. The molecular weight excluding hydrogens is 484 g/mol. The second kappa shape index (κ2) is 14.1. The van der Waals surface area contributed by atoms with Gasteiger partial charge in [-0.1, -0.05) is 66.7 Å². The Hall–Kier alpha value is -4.90. The van der Waals surface area contributed by atoms with Crippen molar-refractivity contribution >= 4 is 35.1 Å². The van der Waals surface area contributed by atoms with Crippen LogP contribution in [0, 0.1) is 0 Å². The number of rotatable bonds is 8. The Labute approximate surface area is 231 Å². The summed E-state index contributed by atoms with van der Waals surface area (Å²) in [4.78, 5) is 27.9. The fraction of sp³-hybridized carbons (Fsp3) is 0.118. The van der Waals surface area contributed by atoms with E-state index in [1.165, 1.54) is 12.1 Å². The van der Waals surface area contributed by atoms with Gasteiger partial charge in [-0.3, -0.25) is 9.59 Å². The number of benzene rings is 4. The number of allylic oxidation sites excluding steroid dienone is 2. The van der Waals surface area contributed by atoms with E-state index in [2.05, 4.69) is 0 Å². The summed E-state index contributed by atoms with van der Waals surface area (Å²) in [5.41, 5.74) is 5.54. The first-order chi connectivity index (χ1) is 18.7. The standard InChI is InChI=1S/C21H24N2O.C13H10O2/c1-22(2)19-11-5-17(6-12-19)9-15-21(24)16-10-18-7-13-20(14-8-18)23(3)4;14-12-8-6-11(7-9-12)13(15)10-4-2-1-3-5-10/h5-16H,1-4H3;1-9,14H. The number of hydrogen-bond donors (Lipinski definition) is 1. The Bertz CT molecular complexity index is 1340. The van der Waals surface area contributed by atoms with Crippen LogP contribution >= 0.6 is 0 Å². The molecule has 0 amide bonds. The smallest absolute Gasteiger partial charge is 0.193 e. The van der Waals surface area contributed by atoms with E-state index < -0.39 is 0 Å². The lowest BCUT2D eigenvalue weighted by Gasteiger charge is -2.11. The van der Waals surface area contributed by atoms with E-state index in [0.717, 1.165) is 22.5 Å². The van der Waals surface area contributed by atoms with Crippen LogP contribution in [-0.2, 0) is 4.79 Å². The van der Waals surface area contributed by atoms with Crippen LogP contribution in [0.2, 0.25) is 0 Å². The molecule has 4 aromatic carbocycles. The lowest BCUT2D eigenvalue weighted by atomic mass is 10.0. The minimum atomic E-state index is -0.0319. The lowest BCUT2D eigenvalue weighted by Crippen LogP contribution is -2.07. The number of aromatic hydroxyl groups is 1. The van der Waals surface area contributed by atoms with Crippen molar-refractivity contribution in [2.45, 2.75) is 0 Å². The molecule has 0 atom stereocenters. The number of anilines is 2. The SMILES string of the molecule is CN(C)c1ccc(C=CC(=O)C=Cc2ccc(N(C)C)cc2)cc1.O=C(c1ccccc1)c1ccc(O)cc1. The second-order valence-corrected chi connectivity index (χ2v) is 9.28. The van der Waals surface area contributed by atoms with Crippen molar-refractivity contribution in [1.29, 1.82) is 0 Å². The van der Waals surface area contributed by atoms with E-state index in [9.17, 15) is 9.59 Å². The summed E-state index contributed by atoms with van der Waals surface area (Å²) in [6.07, 6.45) is 6.85. The fourth-order valence-electron chi connectivity index (χ4n) is 3.55. The molecule has 0 heterocycles. The molecule has 0 aliphatic rings. The van der Waals surface area contributed by atoms with Crippen molar-refractivity contribution in [3.05, 3.63) is 138 Å². The maximum atomic E-state index is 11.9. The van der Waals surface area contributed by atoms with E-state index in [1.807, 2.05) is 117 Å². The molecule has 5 heteroatoms. The fourth-order valence-corrected chi connectivity index (χ4v) is 3.55. The first-order valence-corrected chi connectivity index (χ1v) is 12.6. The number of phenolic OH excluding ortho intramolecular Hbond substituents is 1. The van der Waals surface area contributed by atoms with E-state index in [1.54, 1.807) is 36.4 Å². The van der Waals surface area contributed by atoms with Gasteiger partial charge in [-0.05, 0) is 71.8 Å². The number of phenols is 1. The highest BCUT2D eigenvalue weighted by Crippen LogP contribution is 2.15. The maximum absolute atomic E-state index is 11.9. The van der Waals surface area contributed by atoms with Crippen LogP contribution in [-0.4, -0.2) is 44.9 Å². The van der Waals surface area contributed by atoms with Gasteiger partial charge in [0.2, 0.25) is 0 Å². The van der Waals surface area contributed by atoms with Gasteiger partial charge in [0.05, 0.1) is 0 Å². The third-order valence-electron chi connectivity index (χ3n) is 5.86. The Kier molecular flexibility index (Phi) is 10.4. The van der Waals surface area contributed by atoms with Gasteiger partial charge in [0.1, 0.15) is 5.75 Å². The summed E-state index contributed by atoms with van der Waals surface area (Å²) < 4.78 is 0. The van der Waals surface area contributed by atoms with E-state index in [4.69, 9.17) is 5.11 Å². The number of hydrogen-bond acceptors (Lipinski definition) is 5. The molecule has 0 saturated heterocycles. The van der Waals surface area contributed by atoms with Crippen LogP contribution < -0.4 is 9.80 Å². The summed E-state index contributed by atoms with van der Waals surface area (Å²) in [7, 11) is 8.02. The van der Waals surface area contributed by atoms with Gasteiger partial charge in [-0.2, -0.15) is 0 Å². The molecule has 39 heavy (non-hydrogen) atoms. The van der Waals surface area contributed by atoms with Crippen molar-refractivity contribution < 1.29 is 14.7 Å². The third kappa shape index (κ3) is 9.17. The molecule has 0 saturated carbocycles. The molecule has 198 valence electrons. The zero-order valence-corrected chi connectivity index (χ0v) is 22.8. The highest BCUT2D eigenvalue weighted by Gasteiger charge is 2.07. The first-order valence-electron chi connectivity index (χ1n) is 12.6. The van der Waals surface area contributed by atoms with Gasteiger partial charge < -0.3 is 14.9 Å². The maximum Gasteiger partial charge on any atom is 0.193 e. The molecular formula is C34H34N2O3. The average Bonchev–Trinajstić information content (AvgIpc) is 2.96. The predicted molar refractivity (Wildman–Crippen MR) is 163 cm³/mol. The van der Waals surface area contributed by atoms with Crippen molar-refractivity contribution in [1.82, 2.24) is 0 Å². The van der Waals surface area contributed by atoms with Gasteiger partial charge >= 0.3 is 0 Å². The van der Waals surface area contributed by atoms with Crippen molar-refractivity contribution in [2.75, 3.05) is 38.0 Å². The number of ketones is 2. The number of carbonyl (C=O) groups is 2. The topological polar surface area (TPSA) is 60.9 Å². The van der Waals surface area contributed by atoms with Gasteiger partial charge in [-0.25, -0.2) is 0 Å². The van der Waals surface area contributed by atoms with E-state index in [-0.39, 0.29) is 17.3 Å². The zero-order chi connectivity index (χ0) is 28.2. The average molecular weight is 519 g/mol. The second-order valence-electron chi connectivity index (χ2n) is 9.28. The predicted octanol–water partition coefficient (Wildman–Crippen LogP) is 6.74. The Morgan fingerprint density at radius 2 is 0.974 bits per heavy atom. The monoisotopic (exact) mass is 518 g/mol. The lowest BCUT2D eigenvalue weighted by molar-refractivity contribution is -0.110. The van der Waals surface area contributed by atoms with Crippen molar-refractivity contribution in [3.63, 3.8) is 0 Å². The molecule has 0 unspecified atom stereocenters. The highest BCUT2D eigenvalue weighted by molar-refractivity contribution is 6.09. The quantitative estimate of drug-likeness (QED) is 0.207. The molecule has 4 rings (SSSR count). The number of nitrogens with zero attached hydrogens (tertiary/aromatic N) is 2. The molecule has 0 bridgehead atoms. The molecule has 0 aromatic heterocycles. The number of carbonyl (C=O) groups excluding carboxylic acids is 2. The molecule has 1 N–H and O–H groups in total. The zero-order valence-electron chi connectivity index (χ0n) is 22.8. The largest absolute Gasteiger partial charge is 0.508 e. The van der Waals surface area contributed by atoms with E-state index in [0.29, 0.717) is 11.1 Å². The van der Waals surface area contributed by atoms with Crippen LogP contribution in [0.15, 0.2) is 115 Å². The van der Waals surface area contributed by atoms with Gasteiger partial charge in [0.25, 0.3) is 0 Å². The summed E-state index contributed by atoms with van der Waals surface area (Å²) in [6, 6.07) is 31.5. The summed E-state index contributed by atoms with van der Waals surface area (Å²) in [5, 5.41) is 9.10. The Morgan fingerprint density at radius 1 is 0.564 bits per heavy atom. The molecule has 5 nitrogen and oxygen atoms in total. The summed E-state index contributed by atoms with van der Waals surface area (Å²) in [5.74, 6) is 0.110. The van der Waals surface area contributed by atoms with Gasteiger partial charge in [-0.15, -0.1) is 0 Å². The van der Waals surface area contributed by atoms with Crippen LogP contribution in [0.1, 0.15) is 27.0 Å². The first kappa shape index (κ1) is 28.7. The summed E-state index contributed by atoms with van der Waals surface area (Å²) in [6.45, 7) is 0. The molecule has 0 aliphatic heterocycles. The normalized spacial score (nSPS) is 10.7. The molecule has 0 aliphatic carbocycles. The molecule has 4 aromatic rings. The van der Waals surface area contributed by atoms with Crippen LogP contribution in [0.25, 0.3) is 12.2 Å². The van der Waals surface area contributed by atoms with Gasteiger partial charge in [0.15, 0.2) is 11.6 Å². The Morgan fingerprint density at radius 3 is 1.38 bits per heavy atom. The van der Waals surface area contributed by atoms with Gasteiger partial charge in [0, 0.05) is 50.7 Å². The van der Waals surface area contributed by atoms with Crippen LogP contribution in [0.4, 0.5) is 11.4 Å². The summed E-state index contributed by atoms with van der Waals surface area (Å²) >= 11 is 0. The minimum absolute atomic E-state index is 0.0247. The van der Waals surface area contributed by atoms with E-state index >= 15 is 0 Å².